The number of fused-ring (bicyclic) bond motifs is 2. The van der Waals surface area contributed by atoms with Gasteiger partial charge in [0, 0.05) is 38.9 Å². The minimum absolute atomic E-state index is 0.106. The lowest BCUT2D eigenvalue weighted by molar-refractivity contribution is -0.384. The Morgan fingerprint density at radius 1 is 0.659 bits per heavy atom. The minimum atomic E-state index is -2.32. The maximum atomic E-state index is 14.6. The Balaban J connectivity index is 1.60. The number of rotatable bonds is 3. The molecule has 200 valence electrons. The summed E-state index contributed by atoms with van der Waals surface area (Å²) in [6.45, 7) is 0. The number of hydrogen-bond acceptors (Lipinski definition) is 7. The van der Waals surface area contributed by atoms with E-state index in [0.717, 1.165) is 4.47 Å². The number of hydrogen-bond donors (Lipinski definition) is 0. The zero-order valence-corrected chi connectivity index (χ0v) is 22.7. The van der Waals surface area contributed by atoms with Crippen LogP contribution in [0, 0.1) is 15.5 Å². The molecule has 0 unspecified atom stereocenters. The largest absolute Gasteiger partial charge is 0.348 e. The van der Waals surface area contributed by atoms with Crippen LogP contribution in [0.3, 0.4) is 0 Å². The first kappa shape index (κ1) is 25.4. The van der Waals surface area contributed by atoms with Crippen LogP contribution in [0.4, 0.5) is 5.69 Å². The van der Waals surface area contributed by atoms with Gasteiger partial charge in [0.2, 0.25) is 17.2 Å². The lowest BCUT2D eigenvalue weighted by Gasteiger charge is -2.34. The monoisotopic (exact) mass is 607 g/mol. The Hall–Kier alpha value is -4.60. The second-order valence-electron chi connectivity index (χ2n) is 10.3. The van der Waals surface area contributed by atoms with E-state index in [1.54, 1.807) is 48.5 Å². The number of ether oxygens (including phenoxy) is 1. The van der Waals surface area contributed by atoms with E-state index in [9.17, 15) is 29.3 Å². The highest BCUT2D eigenvalue weighted by Crippen LogP contribution is 2.68. The van der Waals surface area contributed by atoms with E-state index >= 15 is 0 Å². The van der Waals surface area contributed by atoms with Gasteiger partial charge in [-0.25, -0.2) is 0 Å². The summed E-state index contributed by atoms with van der Waals surface area (Å²) in [5.74, 6) is -4.08. The predicted molar refractivity (Wildman–Crippen MR) is 149 cm³/mol. The highest BCUT2D eigenvalue weighted by atomic mass is 79.9. The van der Waals surface area contributed by atoms with Gasteiger partial charge in [-0.1, -0.05) is 88.7 Å². The second kappa shape index (κ2) is 8.70. The molecule has 2 atom stereocenters. The molecule has 0 radical (unpaired) electrons. The molecule has 4 aromatic carbocycles. The summed E-state index contributed by atoms with van der Waals surface area (Å²) < 4.78 is 7.32. The summed E-state index contributed by atoms with van der Waals surface area (Å²) in [6.07, 6.45) is -1.35. The Morgan fingerprint density at radius 2 is 1.17 bits per heavy atom. The van der Waals surface area contributed by atoms with Gasteiger partial charge in [0.25, 0.3) is 5.69 Å². The van der Waals surface area contributed by atoms with E-state index in [4.69, 9.17) is 4.74 Å². The predicted octanol–water partition coefficient (Wildman–Crippen LogP) is 6.10. The third kappa shape index (κ3) is 3.13. The summed E-state index contributed by atoms with van der Waals surface area (Å²) in [4.78, 5) is 69.3. The van der Waals surface area contributed by atoms with Gasteiger partial charge in [-0.2, -0.15) is 0 Å². The number of benzene rings is 4. The van der Waals surface area contributed by atoms with E-state index < -0.39 is 51.1 Å². The third-order valence-electron chi connectivity index (χ3n) is 8.43. The Kier molecular flexibility index (Phi) is 5.38. The average Bonchev–Trinajstić information content (AvgIpc) is 3.51. The molecular formula is C32H18BrNO7. The SMILES string of the molecule is O=C1c2ccccc2C(=O)C12O[C@@H](c1ccc(Br)cc1)C1(C(=O)c3ccccc3C1=O)[C@@H]2c1cccc([N+](=O)[O-])c1. The molecule has 8 nitrogen and oxygen atoms in total. The highest BCUT2D eigenvalue weighted by Gasteiger charge is 2.79. The van der Waals surface area contributed by atoms with Crippen molar-refractivity contribution in [1.82, 2.24) is 0 Å². The second-order valence-corrected chi connectivity index (χ2v) is 11.3. The zero-order valence-electron chi connectivity index (χ0n) is 21.1. The van der Waals surface area contributed by atoms with Crippen molar-refractivity contribution in [2.24, 2.45) is 5.41 Å². The molecule has 1 fully saturated rings. The van der Waals surface area contributed by atoms with Crippen LogP contribution >= 0.6 is 15.9 Å². The van der Waals surface area contributed by atoms with Crippen LogP contribution in [0.1, 0.15) is 64.6 Å². The smallest absolute Gasteiger partial charge is 0.269 e. The van der Waals surface area contributed by atoms with Crippen molar-refractivity contribution >= 4 is 44.8 Å². The van der Waals surface area contributed by atoms with Gasteiger partial charge < -0.3 is 4.74 Å². The molecule has 0 amide bonds. The molecule has 1 heterocycles. The van der Waals surface area contributed by atoms with E-state index in [-0.39, 0.29) is 33.5 Å². The zero-order chi connectivity index (χ0) is 28.7. The standard InChI is InChI=1S/C32H18BrNO7/c33-19-14-12-17(13-15-19)30-31(26(35)21-8-1-2-9-22(21)27(31)36)25(18-6-5-7-20(16-18)34(39)40)32(41-30)28(37)23-10-3-4-11-24(23)29(32)38/h1-16,25,30H/t25-,30-/m0/s1. The molecule has 4 aromatic rings. The highest BCUT2D eigenvalue weighted by molar-refractivity contribution is 9.10. The first-order chi connectivity index (χ1) is 19.7. The fraction of sp³-hybridized carbons (Fsp3) is 0.125. The summed E-state index contributed by atoms with van der Waals surface area (Å²) in [5.41, 5.74) is -3.70. The van der Waals surface area contributed by atoms with Crippen LogP contribution in [0.25, 0.3) is 0 Å². The van der Waals surface area contributed by atoms with E-state index in [0.29, 0.717) is 5.56 Å². The Bertz CT molecular complexity index is 1790. The topological polar surface area (TPSA) is 121 Å². The maximum Gasteiger partial charge on any atom is 0.269 e. The third-order valence-corrected chi connectivity index (χ3v) is 8.95. The Labute approximate surface area is 241 Å². The van der Waals surface area contributed by atoms with E-state index in [1.807, 2.05) is 0 Å². The summed E-state index contributed by atoms with van der Waals surface area (Å²) in [7, 11) is 0. The van der Waals surface area contributed by atoms with Crippen LogP contribution in [-0.2, 0) is 4.74 Å². The number of carbonyl (C=O) groups excluding carboxylic acids is 4. The van der Waals surface area contributed by atoms with Crippen LogP contribution in [0.2, 0.25) is 0 Å². The van der Waals surface area contributed by atoms with Gasteiger partial charge >= 0.3 is 0 Å². The number of non-ortho nitro benzene ring substituents is 1. The van der Waals surface area contributed by atoms with E-state index in [2.05, 4.69) is 15.9 Å². The molecule has 0 saturated carbocycles. The number of carbonyl (C=O) groups is 4. The Morgan fingerprint density at radius 3 is 1.68 bits per heavy atom. The van der Waals surface area contributed by atoms with E-state index in [1.165, 1.54) is 48.5 Å². The van der Waals surface area contributed by atoms with Gasteiger partial charge in [-0.15, -0.1) is 0 Å². The van der Waals surface area contributed by atoms with Gasteiger partial charge in [0.05, 0.1) is 10.8 Å². The van der Waals surface area contributed by atoms with Crippen molar-refractivity contribution in [2.45, 2.75) is 17.6 Å². The molecule has 3 aliphatic rings. The minimum Gasteiger partial charge on any atom is -0.348 e. The molecule has 1 aliphatic heterocycles. The number of nitrogens with zero attached hydrogens (tertiary/aromatic N) is 1. The lowest BCUT2D eigenvalue weighted by Crippen LogP contribution is -2.51. The molecule has 0 N–H and O–H groups in total. The van der Waals surface area contributed by atoms with Gasteiger partial charge in [-0.3, -0.25) is 29.3 Å². The first-order valence-electron chi connectivity index (χ1n) is 12.8. The number of ketones is 4. The van der Waals surface area contributed by atoms with Crippen molar-refractivity contribution in [3.05, 3.63) is 145 Å². The molecule has 2 aliphatic carbocycles. The fourth-order valence-electron chi connectivity index (χ4n) is 6.78. The molecular weight excluding hydrogens is 590 g/mol. The van der Waals surface area contributed by atoms with Gasteiger partial charge in [-0.05, 0) is 23.3 Å². The van der Waals surface area contributed by atoms with Crippen molar-refractivity contribution in [2.75, 3.05) is 0 Å². The molecule has 1 saturated heterocycles. The average molecular weight is 608 g/mol. The van der Waals surface area contributed by atoms with Crippen LogP contribution < -0.4 is 0 Å². The molecule has 0 bridgehead atoms. The molecule has 9 heteroatoms. The molecule has 7 rings (SSSR count). The lowest BCUT2D eigenvalue weighted by atomic mass is 9.60. The fourth-order valence-corrected chi connectivity index (χ4v) is 7.05. The number of Topliss-reactive ketones (excluding diaryl/α,β-unsaturated/α-hetero) is 4. The molecule has 2 spiro atoms. The van der Waals surface area contributed by atoms with Crippen LogP contribution in [0.15, 0.2) is 102 Å². The quantitative estimate of drug-likeness (QED) is 0.157. The molecule has 41 heavy (non-hydrogen) atoms. The molecule has 0 aromatic heterocycles. The first-order valence-corrected chi connectivity index (χ1v) is 13.6. The number of nitro groups is 1. The van der Waals surface area contributed by atoms with Crippen LogP contribution in [-0.4, -0.2) is 33.7 Å². The van der Waals surface area contributed by atoms with Gasteiger partial charge in [0.15, 0.2) is 11.6 Å². The van der Waals surface area contributed by atoms with Crippen molar-refractivity contribution < 1.29 is 28.8 Å². The number of nitro benzene ring substituents is 1. The summed E-state index contributed by atoms with van der Waals surface area (Å²) >= 11 is 3.40. The van der Waals surface area contributed by atoms with Crippen molar-refractivity contribution in [3.63, 3.8) is 0 Å². The van der Waals surface area contributed by atoms with Crippen LogP contribution in [0.5, 0.6) is 0 Å². The maximum absolute atomic E-state index is 14.6. The number of halogens is 1. The summed E-state index contributed by atoms with van der Waals surface area (Å²) in [5, 5.41) is 11.8. The normalized spacial score (nSPS) is 21.5. The van der Waals surface area contributed by atoms with Gasteiger partial charge in [0.1, 0.15) is 11.5 Å². The van der Waals surface area contributed by atoms with Crippen molar-refractivity contribution in [1.29, 1.82) is 0 Å². The van der Waals surface area contributed by atoms with Crippen molar-refractivity contribution in [3.8, 4) is 0 Å². The summed E-state index contributed by atoms with van der Waals surface area (Å²) in [6, 6.07) is 24.7.